The summed E-state index contributed by atoms with van der Waals surface area (Å²) >= 11 is 0. The van der Waals surface area contributed by atoms with E-state index in [4.69, 9.17) is 0 Å². The summed E-state index contributed by atoms with van der Waals surface area (Å²) < 4.78 is 3.96. The van der Waals surface area contributed by atoms with Crippen LogP contribution < -0.4 is 5.32 Å². The fourth-order valence-corrected chi connectivity index (χ4v) is 2.00. The molecule has 2 rings (SSSR count). The van der Waals surface area contributed by atoms with Crippen LogP contribution in [0.4, 0.5) is 5.69 Å². The van der Waals surface area contributed by atoms with Crippen LogP contribution in [-0.2, 0) is 13.1 Å². The van der Waals surface area contributed by atoms with Crippen LogP contribution in [0.25, 0.3) is 0 Å². The van der Waals surface area contributed by atoms with Gasteiger partial charge in [-0.3, -0.25) is 9.36 Å². The lowest BCUT2D eigenvalue weighted by Crippen LogP contribution is -2.01. The molecule has 0 aliphatic carbocycles. The van der Waals surface area contributed by atoms with Crippen LogP contribution in [0.2, 0.25) is 0 Å². The number of nitrogens with zero attached hydrogens (tertiary/aromatic N) is 4. The molecule has 6 heteroatoms. The second-order valence-electron chi connectivity index (χ2n) is 5.15. The minimum absolute atomic E-state index is 0. The summed E-state index contributed by atoms with van der Waals surface area (Å²) in [4.78, 5) is 0. The van der Waals surface area contributed by atoms with Crippen molar-refractivity contribution in [2.24, 2.45) is 0 Å². The molecule has 2 heterocycles. The number of halogens is 1. The molecule has 2 aromatic heterocycles. The van der Waals surface area contributed by atoms with E-state index in [0.717, 1.165) is 30.2 Å². The molecule has 0 fully saturated rings. The first-order valence-electron chi connectivity index (χ1n) is 6.83. The van der Waals surface area contributed by atoms with Gasteiger partial charge in [0.1, 0.15) is 0 Å². The third kappa shape index (κ3) is 3.54. The Hall–Kier alpha value is -1.49. The zero-order chi connectivity index (χ0) is 14.0. The summed E-state index contributed by atoms with van der Waals surface area (Å²) in [5.74, 6) is 0. The Morgan fingerprint density at radius 3 is 2.35 bits per heavy atom. The van der Waals surface area contributed by atoms with Crippen molar-refractivity contribution in [3.05, 3.63) is 29.3 Å². The summed E-state index contributed by atoms with van der Waals surface area (Å²) in [6, 6.07) is 0.400. The van der Waals surface area contributed by atoms with Crippen molar-refractivity contribution >= 4 is 18.1 Å². The minimum atomic E-state index is 0. The number of nitrogens with one attached hydrogen (secondary N) is 1. The second kappa shape index (κ2) is 6.79. The smallest absolute Gasteiger partial charge is 0.0825 e. The average molecular weight is 298 g/mol. The first-order valence-corrected chi connectivity index (χ1v) is 6.83. The summed E-state index contributed by atoms with van der Waals surface area (Å²) in [6.07, 6.45) is 4.17. The van der Waals surface area contributed by atoms with Gasteiger partial charge in [-0.15, -0.1) is 12.4 Å². The zero-order valence-corrected chi connectivity index (χ0v) is 13.7. The molecule has 0 radical (unpaired) electrons. The SMILES string of the molecule is CCn1cc(NCc2cn(C(C)C)nc2C)c(C)n1.Cl. The van der Waals surface area contributed by atoms with Crippen molar-refractivity contribution < 1.29 is 0 Å². The molecule has 0 saturated carbocycles. The predicted molar refractivity (Wildman–Crippen MR) is 84.6 cm³/mol. The van der Waals surface area contributed by atoms with Gasteiger partial charge in [-0.2, -0.15) is 10.2 Å². The normalized spacial score (nSPS) is 10.7. The number of anilines is 1. The van der Waals surface area contributed by atoms with Gasteiger partial charge >= 0.3 is 0 Å². The Labute approximate surface area is 126 Å². The maximum Gasteiger partial charge on any atom is 0.0825 e. The topological polar surface area (TPSA) is 47.7 Å². The molecule has 5 nitrogen and oxygen atoms in total. The van der Waals surface area contributed by atoms with E-state index in [2.05, 4.69) is 55.6 Å². The van der Waals surface area contributed by atoms with Crippen LogP contribution in [-0.4, -0.2) is 19.6 Å². The van der Waals surface area contributed by atoms with E-state index in [0.29, 0.717) is 6.04 Å². The second-order valence-corrected chi connectivity index (χ2v) is 5.15. The molecule has 0 atom stereocenters. The molecule has 0 spiro atoms. The fraction of sp³-hybridized carbons (Fsp3) is 0.571. The van der Waals surface area contributed by atoms with Crippen LogP contribution in [0.15, 0.2) is 12.4 Å². The Kier molecular flexibility index (Phi) is 5.62. The molecule has 20 heavy (non-hydrogen) atoms. The van der Waals surface area contributed by atoms with Crippen molar-refractivity contribution in [1.29, 1.82) is 0 Å². The molecule has 112 valence electrons. The number of aryl methyl sites for hydroxylation is 3. The molecule has 0 bridgehead atoms. The van der Waals surface area contributed by atoms with Gasteiger partial charge < -0.3 is 5.32 Å². The Morgan fingerprint density at radius 2 is 1.85 bits per heavy atom. The summed E-state index contributed by atoms with van der Waals surface area (Å²) in [5, 5.41) is 12.4. The molecule has 0 unspecified atom stereocenters. The van der Waals surface area contributed by atoms with E-state index in [1.807, 2.05) is 16.3 Å². The van der Waals surface area contributed by atoms with E-state index in [-0.39, 0.29) is 12.4 Å². The monoisotopic (exact) mass is 297 g/mol. The van der Waals surface area contributed by atoms with Crippen molar-refractivity contribution in [3.8, 4) is 0 Å². The molecular formula is C14H24ClN5. The van der Waals surface area contributed by atoms with Gasteiger partial charge in [-0.1, -0.05) is 0 Å². The van der Waals surface area contributed by atoms with Gasteiger partial charge in [0.25, 0.3) is 0 Å². The summed E-state index contributed by atoms with van der Waals surface area (Å²) in [7, 11) is 0. The lowest BCUT2D eigenvalue weighted by molar-refractivity contribution is 0.529. The standard InChI is InChI=1S/C14H23N5.ClH/c1-6-18-9-14(12(5)16-18)15-7-13-8-19(10(2)3)17-11(13)4;/h8-10,15H,6-7H2,1-5H3;1H. The Bertz CT molecular complexity index is 556. The molecule has 0 amide bonds. The van der Waals surface area contributed by atoms with Crippen molar-refractivity contribution in [2.45, 2.75) is 53.8 Å². The number of aromatic nitrogens is 4. The van der Waals surface area contributed by atoms with Crippen LogP contribution in [0, 0.1) is 13.8 Å². The van der Waals surface area contributed by atoms with Crippen molar-refractivity contribution in [3.63, 3.8) is 0 Å². The molecule has 0 aromatic carbocycles. The quantitative estimate of drug-likeness (QED) is 0.921. The largest absolute Gasteiger partial charge is 0.378 e. The van der Waals surface area contributed by atoms with E-state index in [1.54, 1.807) is 0 Å². The number of hydrogen-bond donors (Lipinski definition) is 1. The van der Waals surface area contributed by atoms with Crippen LogP contribution >= 0.6 is 12.4 Å². The third-order valence-electron chi connectivity index (χ3n) is 3.29. The molecule has 0 aliphatic rings. The van der Waals surface area contributed by atoms with Crippen LogP contribution in [0.5, 0.6) is 0 Å². The highest BCUT2D eigenvalue weighted by atomic mass is 35.5. The highest BCUT2D eigenvalue weighted by Crippen LogP contribution is 2.16. The highest BCUT2D eigenvalue weighted by Gasteiger charge is 2.08. The van der Waals surface area contributed by atoms with Gasteiger partial charge in [0.2, 0.25) is 0 Å². The van der Waals surface area contributed by atoms with Gasteiger partial charge in [0.05, 0.1) is 17.1 Å². The molecule has 2 aromatic rings. The fourth-order valence-electron chi connectivity index (χ4n) is 2.00. The molecule has 1 N–H and O–H groups in total. The Balaban J connectivity index is 0.00000200. The lowest BCUT2D eigenvalue weighted by atomic mass is 10.2. The lowest BCUT2D eigenvalue weighted by Gasteiger charge is -2.04. The highest BCUT2D eigenvalue weighted by molar-refractivity contribution is 5.85. The van der Waals surface area contributed by atoms with Crippen molar-refractivity contribution in [2.75, 3.05) is 5.32 Å². The van der Waals surface area contributed by atoms with E-state index >= 15 is 0 Å². The van der Waals surface area contributed by atoms with E-state index < -0.39 is 0 Å². The third-order valence-corrected chi connectivity index (χ3v) is 3.29. The predicted octanol–water partition coefficient (Wildman–Crippen LogP) is 3.33. The number of hydrogen-bond acceptors (Lipinski definition) is 3. The van der Waals surface area contributed by atoms with Crippen molar-refractivity contribution in [1.82, 2.24) is 19.6 Å². The molecular weight excluding hydrogens is 274 g/mol. The average Bonchev–Trinajstić information content (AvgIpc) is 2.90. The van der Waals surface area contributed by atoms with Gasteiger partial charge in [-0.25, -0.2) is 0 Å². The minimum Gasteiger partial charge on any atom is -0.378 e. The van der Waals surface area contributed by atoms with Gasteiger partial charge in [-0.05, 0) is 34.6 Å². The maximum absolute atomic E-state index is 4.52. The maximum atomic E-state index is 4.52. The molecule has 0 saturated heterocycles. The van der Waals surface area contributed by atoms with Gasteiger partial charge in [0.15, 0.2) is 0 Å². The zero-order valence-electron chi connectivity index (χ0n) is 12.8. The van der Waals surface area contributed by atoms with Crippen LogP contribution in [0.1, 0.15) is 43.8 Å². The number of rotatable bonds is 5. The van der Waals surface area contributed by atoms with E-state index in [1.165, 1.54) is 5.56 Å². The van der Waals surface area contributed by atoms with Gasteiger partial charge in [0, 0.05) is 37.1 Å². The first kappa shape index (κ1) is 16.6. The summed E-state index contributed by atoms with van der Waals surface area (Å²) in [6.45, 7) is 12.1. The van der Waals surface area contributed by atoms with E-state index in [9.17, 15) is 0 Å². The summed E-state index contributed by atoms with van der Waals surface area (Å²) in [5.41, 5.74) is 4.45. The Morgan fingerprint density at radius 1 is 1.15 bits per heavy atom. The first-order chi connectivity index (χ1) is 9.01. The molecule has 0 aliphatic heterocycles. The van der Waals surface area contributed by atoms with Crippen LogP contribution in [0.3, 0.4) is 0 Å².